The average molecular weight is 1230 g/mol. The number of rotatable bonds is 34. The van der Waals surface area contributed by atoms with Crippen molar-refractivity contribution in [2.24, 2.45) is 0 Å². The first-order valence-electron chi connectivity index (χ1n) is 28.7. The van der Waals surface area contributed by atoms with Crippen LogP contribution in [0, 0.1) is 7.14 Å². The SMILES string of the molecule is CCCCCCCCOc1cc(OCCCCCCCC)cc(-c2c3nc(c(I)c4ccc([nH]4)c(-c4cc(OCCCCCCCC)cc(OCCCCCCCC)c4)c4ccc([nH]4)c(I)c4nc2C=C4)C=C3)c1. The third kappa shape index (κ3) is 17.4. The van der Waals surface area contributed by atoms with E-state index in [0.717, 1.165) is 123 Å². The average Bonchev–Trinajstić information content (AvgIpc) is 4.27. The van der Waals surface area contributed by atoms with Gasteiger partial charge in [0.1, 0.15) is 23.0 Å². The first kappa shape index (κ1) is 57.4. The summed E-state index contributed by atoms with van der Waals surface area (Å²) in [6.07, 6.45) is 37.6. The van der Waals surface area contributed by atoms with Gasteiger partial charge in [0.2, 0.25) is 0 Å². The minimum Gasteiger partial charge on any atom is -0.493 e. The van der Waals surface area contributed by atoms with Crippen LogP contribution in [0.15, 0.2) is 60.7 Å². The molecule has 2 aromatic carbocycles. The second-order valence-electron chi connectivity index (χ2n) is 20.2. The quantitative estimate of drug-likeness (QED) is 0.0308. The second-order valence-corrected chi connectivity index (χ2v) is 22.4. The maximum atomic E-state index is 6.56. The van der Waals surface area contributed by atoms with Crippen molar-refractivity contribution in [3.05, 3.63) is 90.6 Å². The fourth-order valence-electron chi connectivity index (χ4n) is 9.80. The maximum absolute atomic E-state index is 6.56. The van der Waals surface area contributed by atoms with Crippen LogP contribution in [0.5, 0.6) is 23.0 Å². The lowest BCUT2D eigenvalue weighted by Gasteiger charge is -2.14. The Balaban J connectivity index is 1.29. The summed E-state index contributed by atoms with van der Waals surface area (Å²) in [5.41, 5.74) is 11.4. The van der Waals surface area contributed by atoms with E-state index in [1.54, 1.807) is 0 Å². The number of fused-ring (bicyclic) bond motifs is 8. The summed E-state index contributed by atoms with van der Waals surface area (Å²) in [4.78, 5) is 18.5. The van der Waals surface area contributed by atoms with E-state index in [1.807, 2.05) is 0 Å². The fraction of sp³-hybridized carbons (Fsp3) is 0.500. The Labute approximate surface area is 471 Å². The molecule has 0 unspecified atom stereocenters. The van der Waals surface area contributed by atoms with Crippen LogP contribution in [-0.4, -0.2) is 46.4 Å². The van der Waals surface area contributed by atoms with Crippen LogP contribution < -0.4 is 18.9 Å². The van der Waals surface area contributed by atoms with Crippen LogP contribution in [0.3, 0.4) is 0 Å². The van der Waals surface area contributed by atoms with Gasteiger partial charge in [-0.2, -0.15) is 0 Å². The molecule has 0 aliphatic carbocycles. The van der Waals surface area contributed by atoms with Gasteiger partial charge in [-0.05, 0) is 155 Å². The molecule has 0 saturated heterocycles. The predicted octanol–water partition coefficient (Wildman–Crippen LogP) is 20.2. The molecule has 0 fully saturated rings. The van der Waals surface area contributed by atoms with Gasteiger partial charge in [0.25, 0.3) is 0 Å². The Morgan fingerprint density at radius 2 is 0.622 bits per heavy atom. The first-order valence-corrected chi connectivity index (χ1v) is 30.8. The summed E-state index contributed by atoms with van der Waals surface area (Å²) in [6, 6.07) is 21.5. The number of benzene rings is 2. The van der Waals surface area contributed by atoms with Crippen LogP contribution in [0.4, 0.5) is 0 Å². The summed E-state index contributed by atoms with van der Waals surface area (Å²) < 4.78 is 28.3. The molecule has 0 atom stereocenters. The van der Waals surface area contributed by atoms with E-state index in [9.17, 15) is 0 Å². The molecule has 3 aromatic heterocycles. The van der Waals surface area contributed by atoms with Gasteiger partial charge in [-0.25, -0.2) is 9.97 Å². The van der Waals surface area contributed by atoms with Gasteiger partial charge >= 0.3 is 0 Å². The molecule has 74 heavy (non-hydrogen) atoms. The van der Waals surface area contributed by atoms with Gasteiger partial charge in [0.15, 0.2) is 0 Å². The predicted molar refractivity (Wildman–Crippen MR) is 331 cm³/mol. The van der Waals surface area contributed by atoms with E-state index in [-0.39, 0.29) is 0 Å². The number of halogens is 2. The summed E-state index contributed by atoms with van der Waals surface area (Å²) in [5, 5.41) is 0. The molecule has 2 aliphatic heterocycles. The van der Waals surface area contributed by atoms with Crippen molar-refractivity contribution >= 4 is 91.6 Å². The lowest BCUT2D eigenvalue weighted by molar-refractivity contribution is 0.289. The lowest BCUT2D eigenvalue weighted by Crippen LogP contribution is -2.01. The molecule has 8 bridgehead atoms. The number of nitrogens with one attached hydrogen (secondary N) is 2. The monoisotopic (exact) mass is 1230 g/mol. The Hall–Kier alpha value is -4.30. The highest BCUT2D eigenvalue weighted by Crippen LogP contribution is 2.39. The van der Waals surface area contributed by atoms with Gasteiger partial charge in [-0.3, -0.25) is 0 Å². The summed E-state index contributed by atoms with van der Waals surface area (Å²) >= 11 is 4.91. The largest absolute Gasteiger partial charge is 0.493 e. The number of ether oxygens (including phenoxy) is 4. The van der Waals surface area contributed by atoms with Crippen molar-refractivity contribution in [2.45, 2.75) is 182 Å². The van der Waals surface area contributed by atoms with Crippen LogP contribution in [-0.2, 0) is 0 Å². The molecule has 7 rings (SSSR count). The van der Waals surface area contributed by atoms with Crippen molar-refractivity contribution < 1.29 is 18.9 Å². The van der Waals surface area contributed by atoms with Gasteiger partial charge in [0, 0.05) is 34.3 Å². The molecule has 398 valence electrons. The van der Waals surface area contributed by atoms with Crippen molar-refractivity contribution in [1.29, 1.82) is 0 Å². The number of hydrogen-bond acceptors (Lipinski definition) is 6. The summed E-state index contributed by atoms with van der Waals surface area (Å²) in [6.45, 7) is 11.8. The molecule has 10 heteroatoms. The van der Waals surface area contributed by atoms with E-state index < -0.39 is 0 Å². The number of aromatic amines is 2. The van der Waals surface area contributed by atoms with Gasteiger partial charge in [-0.15, -0.1) is 0 Å². The first-order chi connectivity index (χ1) is 36.4. The molecular weight excluding hydrogens is 1140 g/mol. The Morgan fingerprint density at radius 3 is 0.959 bits per heavy atom. The lowest BCUT2D eigenvalue weighted by atomic mass is 10.0. The number of H-pyrrole nitrogens is 2. The van der Waals surface area contributed by atoms with E-state index >= 15 is 0 Å². The highest BCUT2D eigenvalue weighted by molar-refractivity contribution is 14.1. The Morgan fingerprint density at radius 1 is 0.338 bits per heavy atom. The molecule has 0 saturated carbocycles. The summed E-state index contributed by atoms with van der Waals surface area (Å²) in [5.74, 6) is 3.28. The van der Waals surface area contributed by atoms with E-state index in [2.05, 4.69) is 168 Å². The molecule has 5 heterocycles. The summed E-state index contributed by atoms with van der Waals surface area (Å²) in [7, 11) is 0. The highest BCUT2D eigenvalue weighted by atomic mass is 127. The minimum atomic E-state index is 0.668. The van der Waals surface area contributed by atoms with E-state index in [0.29, 0.717) is 26.4 Å². The second kappa shape index (κ2) is 31.7. The normalized spacial score (nSPS) is 12.0. The molecule has 0 radical (unpaired) electrons. The standard InChI is InChI=1S/C64H84I2N4O4/c1-5-9-13-17-21-25-37-71-49-41-47(42-50(45-49)72-38-26-22-18-14-10-6-2)61-53-29-33-57(67-53)63(65)59-35-31-55(69-59)62(56-32-36-60(70-56)64(66)58-34-30-54(61)68-58)48-43-51(73-39-27-23-19-15-11-7-3)46-52(44-48)74-40-28-24-20-16-12-8-4/h29-36,41-46,67-68H,5-28,37-40H2,1-4H3. The number of nitrogens with zero attached hydrogens (tertiary/aromatic N) is 2. The number of aromatic nitrogens is 4. The fourth-order valence-corrected chi connectivity index (χ4v) is 11.0. The molecule has 2 aliphatic rings. The van der Waals surface area contributed by atoms with Gasteiger partial charge in [0.05, 0.1) is 67.4 Å². The van der Waals surface area contributed by atoms with Gasteiger partial charge in [-0.1, -0.05) is 156 Å². The van der Waals surface area contributed by atoms with Crippen molar-refractivity contribution in [3.8, 4) is 45.3 Å². The van der Waals surface area contributed by atoms with E-state index in [4.69, 9.17) is 28.9 Å². The molecule has 0 amide bonds. The maximum Gasteiger partial charge on any atom is 0.123 e. The third-order valence-electron chi connectivity index (χ3n) is 14.0. The van der Waals surface area contributed by atoms with Crippen molar-refractivity contribution in [1.82, 2.24) is 19.9 Å². The Bertz CT molecular complexity index is 2580. The highest BCUT2D eigenvalue weighted by Gasteiger charge is 2.20. The molecule has 8 nitrogen and oxygen atoms in total. The zero-order chi connectivity index (χ0) is 51.7. The topological polar surface area (TPSA) is 94.3 Å². The van der Waals surface area contributed by atoms with E-state index in [1.165, 1.54) is 128 Å². The van der Waals surface area contributed by atoms with Crippen LogP contribution in [0.1, 0.15) is 205 Å². The molecular formula is C64H84I2N4O4. The smallest absolute Gasteiger partial charge is 0.123 e. The van der Waals surface area contributed by atoms with Crippen LogP contribution in [0.2, 0.25) is 0 Å². The minimum absolute atomic E-state index is 0.668. The van der Waals surface area contributed by atoms with Crippen LogP contribution in [0.25, 0.3) is 68.6 Å². The van der Waals surface area contributed by atoms with Crippen molar-refractivity contribution in [3.63, 3.8) is 0 Å². The Kier molecular flexibility index (Phi) is 24.6. The van der Waals surface area contributed by atoms with Gasteiger partial charge < -0.3 is 28.9 Å². The number of unbranched alkanes of at least 4 members (excludes halogenated alkanes) is 20. The zero-order valence-corrected chi connectivity index (χ0v) is 49.5. The number of hydrogen-bond donors (Lipinski definition) is 2. The zero-order valence-electron chi connectivity index (χ0n) is 45.2. The molecule has 0 spiro atoms. The van der Waals surface area contributed by atoms with Crippen molar-refractivity contribution in [2.75, 3.05) is 26.4 Å². The van der Waals surface area contributed by atoms with Crippen LogP contribution >= 0.6 is 45.2 Å². The third-order valence-corrected chi connectivity index (χ3v) is 16.3. The molecule has 5 aromatic rings. The molecule has 2 N–H and O–H groups in total.